The Balaban J connectivity index is 1.34. The van der Waals surface area contributed by atoms with E-state index in [1.54, 1.807) is 37.9 Å². The van der Waals surface area contributed by atoms with Crippen molar-refractivity contribution < 1.29 is 37.9 Å². The van der Waals surface area contributed by atoms with Gasteiger partial charge in [-0.15, -0.1) is 5.53 Å². The predicted octanol–water partition coefficient (Wildman–Crippen LogP) is 4.03. The fourth-order valence-corrected chi connectivity index (χ4v) is 7.68. The molecule has 4 fully saturated rings. The second-order valence-electron chi connectivity index (χ2n) is 16.5. The van der Waals surface area contributed by atoms with Crippen molar-refractivity contribution in [1.82, 2.24) is 26.6 Å². The average molecular weight is 684 g/mol. The molecule has 49 heavy (non-hydrogen) atoms. The van der Waals surface area contributed by atoms with Crippen LogP contribution in [0.1, 0.15) is 98.0 Å². The number of esters is 1. The monoisotopic (exact) mass is 683 g/mol. The van der Waals surface area contributed by atoms with Gasteiger partial charge in [-0.2, -0.15) is 0 Å². The summed E-state index contributed by atoms with van der Waals surface area (Å²) in [5.74, 6) is -0.0836. The van der Waals surface area contributed by atoms with Crippen molar-refractivity contribution in [3.63, 3.8) is 0 Å². The molecule has 270 valence electrons. The summed E-state index contributed by atoms with van der Waals surface area (Å²) in [6, 6.07) is 5.33. The summed E-state index contributed by atoms with van der Waals surface area (Å²) in [4.78, 5) is 39.1. The number of rotatable bonds is 10. The Bertz CT molecular complexity index is 1490. The van der Waals surface area contributed by atoms with Gasteiger partial charge < -0.3 is 39.6 Å². The van der Waals surface area contributed by atoms with Crippen LogP contribution in [0.2, 0.25) is 0 Å². The summed E-state index contributed by atoms with van der Waals surface area (Å²) in [6.07, 6.45) is 1.66. The van der Waals surface area contributed by atoms with Crippen LogP contribution in [-0.2, 0) is 30.0 Å². The fraction of sp³-hybridized carbons (Fsp3) is 0.686. The molecule has 2 amide bonds. The minimum Gasteiger partial charge on any atom is -0.496 e. The van der Waals surface area contributed by atoms with E-state index >= 15 is 0 Å². The van der Waals surface area contributed by atoms with E-state index in [-0.39, 0.29) is 36.9 Å². The van der Waals surface area contributed by atoms with Crippen LogP contribution in [0.3, 0.4) is 0 Å². The minimum atomic E-state index is -0.723. The maximum Gasteiger partial charge on any atom is 0.482 e. The number of benzene rings is 1. The normalized spacial score (nSPS) is 26.3. The van der Waals surface area contributed by atoms with Gasteiger partial charge in [-0.3, -0.25) is 9.80 Å². The average Bonchev–Trinajstić information content (AvgIpc) is 3.52. The van der Waals surface area contributed by atoms with Crippen molar-refractivity contribution in [1.29, 1.82) is 0 Å². The molecule has 2 aliphatic heterocycles. The van der Waals surface area contributed by atoms with Crippen molar-refractivity contribution in [3.8, 4) is 5.75 Å². The van der Waals surface area contributed by atoms with Gasteiger partial charge in [0.25, 0.3) is 0 Å². The Hall–Kier alpha value is -3.49. The van der Waals surface area contributed by atoms with Gasteiger partial charge in [0.2, 0.25) is 5.91 Å². The number of carbonyl (C=O) groups excluding carboxylic acids is 3. The van der Waals surface area contributed by atoms with E-state index in [4.69, 9.17) is 23.5 Å². The van der Waals surface area contributed by atoms with E-state index in [0.717, 1.165) is 18.5 Å². The van der Waals surface area contributed by atoms with Crippen molar-refractivity contribution >= 4 is 25.1 Å². The lowest BCUT2D eigenvalue weighted by Crippen LogP contribution is -2.65. The molecule has 0 spiro atoms. The largest absolute Gasteiger partial charge is 0.496 e. The van der Waals surface area contributed by atoms with Crippen molar-refractivity contribution in [2.24, 2.45) is 17.3 Å². The number of nitrogens with one attached hydrogen (secondary N) is 4. The maximum absolute atomic E-state index is 13.7. The first kappa shape index (κ1) is 36.8. The molecule has 6 rings (SSSR count). The highest BCUT2D eigenvalue weighted by Gasteiger charge is 2.68. The molecule has 3 aliphatic carbocycles. The number of nitrogens with zero attached hydrogens (tertiary/aromatic N) is 1. The Morgan fingerprint density at radius 1 is 1.08 bits per heavy atom. The van der Waals surface area contributed by atoms with Crippen molar-refractivity contribution in [2.75, 3.05) is 20.2 Å². The molecule has 0 aromatic heterocycles. The first-order valence-electron chi connectivity index (χ1n) is 17.2. The Morgan fingerprint density at radius 2 is 1.78 bits per heavy atom. The summed E-state index contributed by atoms with van der Waals surface area (Å²) in [6.45, 7) is 19.6. The zero-order valence-electron chi connectivity index (χ0n) is 30.9. The number of amides is 2. The van der Waals surface area contributed by atoms with Crippen molar-refractivity contribution in [3.05, 3.63) is 40.7 Å². The minimum absolute atomic E-state index is 0.0362. The van der Waals surface area contributed by atoms with Crippen molar-refractivity contribution in [2.45, 2.75) is 117 Å². The van der Waals surface area contributed by atoms with Gasteiger partial charge in [0, 0.05) is 0 Å². The summed E-state index contributed by atoms with van der Waals surface area (Å²) in [5.41, 5.74) is 6.84. The highest BCUT2D eigenvalue weighted by atomic mass is 16.7. The first-order valence-corrected chi connectivity index (χ1v) is 17.2. The molecule has 0 unspecified atom stereocenters. The predicted molar refractivity (Wildman–Crippen MR) is 184 cm³/mol. The number of para-hydroxylation sites is 1. The number of hydrogen-bond acceptors (Lipinski definition) is 11. The molecule has 5 aliphatic rings. The molecule has 1 saturated heterocycles. The molecular weight excluding hydrogens is 629 g/mol. The van der Waals surface area contributed by atoms with Crippen LogP contribution in [0.4, 0.5) is 4.79 Å². The zero-order valence-corrected chi connectivity index (χ0v) is 30.9. The van der Waals surface area contributed by atoms with E-state index in [2.05, 4.69) is 42.4 Å². The lowest BCUT2D eigenvalue weighted by Gasteiger charge is -2.64. The number of carbonyl (C=O) groups is 3. The Labute approximate surface area is 290 Å². The zero-order chi connectivity index (χ0) is 36.1. The standard InChI is InChI=1S/C35H54BN5O8/c1-20-24(18-37-31(44)47-33(5,6)7)39-40-41(20)19-28(42)38-27(36-48-26-17-22-16-25(34(22,8)9)35(26,10)49-36)15-21-13-12-14-23(29(21)45-11)30(43)46-32(2,3)4/h12-14,22,25-27,39-40H,15-19H2,1-11H3,(H,37,44)(H,38,42)/t22-,25-,26+,27-,35-/m0/s1. The van der Waals surface area contributed by atoms with Crippen LogP contribution >= 0.6 is 0 Å². The SMILES string of the molecule is COc1c(C[C@H](NC(=O)CN2NNC(CNC(=O)OC(C)(C)C)=C2C)B2O[C@@H]3C[C@@H]4C[C@@H](C4(C)C)[C@]3(C)O2)cccc1C(=O)OC(C)(C)C. The fourth-order valence-electron chi connectivity index (χ4n) is 7.68. The van der Waals surface area contributed by atoms with Crippen LogP contribution < -0.4 is 26.3 Å². The quantitative estimate of drug-likeness (QED) is 0.209. The molecular formula is C35H54BN5O8. The molecule has 2 bridgehead atoms. The van der Waals surface area contributed by atoms with E-state index in [0.29, 0.717) is 34.4 Å². The summed E-state index contributed by atoms with van der Waals surface area (Å²) < 4.78 is 30.2. The third-order valence-electron chi connectivity index (χ3n) is 10.3. The number of allylic oxidation sites excluding steroid dienone is 1. The molecule has 0 radical (unpaired) electrons. The molecule has 3 saturated carbocycles. The molecule has 1 aromatic carbocycles. The van der Waals surface area contributed by atoms with Gasteiger partial charge in [-0.25, -0.2) is 9.59 Å². The molecule has 2 heterocycles. The van der Waals surface area contributed by atoms with Gasteiger partial charge in [-0.1, -0.05) is 26.0 Å². The van der Waals surface area contributed by atoms with Gasteiger partial charge in [0.15, 0.2) is 0 Å². The van der Waals surface area contributed by atoms with Gasteiger partial charge >= 0.3 is 19.2 Å². The number of alkyl carbamates (subject to hydrolysis) is 1. The van der Waals surface area contributed by atoms with Gasteiger partial charge in [-0.05, 0) is 104 Å². The Kier molecular flexibility index (Phi) is 10.0. The van der Waals surface area contributed by atoms with Crippen LogP contribution in [-0.4, -0.2) is 79.1 Å². The number of ether oxygens (including phenoxy) is 3. The third kappa shape index (κ3) is 7.81. The lowest BCUT2D eigenvalue weighted by atomic mass is 9.43. The second kappa shape index (κ2) is 13.3. The summed E-state index contributed by atoms with van der Waals surface area (Å²) in [7, 11) is 0.795. The van der Waals surface area contributed by atoms with Gasteiger partial charge in [0.05, 0.1) is 42.7 Å². The van der Waals surface area contributed by atoms with Gasteiger partial charge in [0.1, 0.15) is 29.1 Å². The number of hydrazine groups is 2. The van der Waals surface area contributed by atoms with E-state index in [9.17, 15) is 14.4 Å². The smallest absolute Gasteiger partial charge is 0.482 e. The summed E-state index contributed by atoms with van der Waals surface area (Å²) in [5, 5.41) is 7.57. The maximum atomic E-state index is 13.7. The lowest BCUT2D eigenvalue weighted by molar-refractivity contribution is -0.199. The molecule has 5 atom stereocenters. The van der Waals surface area contributed by atoms with Crippen LogP contribution in [0, 0.1) is 17.3 Å². The summed E-state index contributed by atoms with van der Waals surface area (Å²) >= 11 is 0. The Morgan fingerprint density at radius 3 is 2.41 bits per heavy atom. The van der Waals surface area contributed by atoms with E-state index in [1.165, 1.54) is 7.11 Å². The number of methoxy groups -OCH3 is 1. The molecule has 4 N–H and O–H groups in total. The topological polar surface area (TPSA) is 149 Å². The number of hydrogen-bond donors (Lipinski definition) is 4. The first-order chi connectivity index (χ1) is 22.7. The third-order valence-corrected chi connectivity index (χ3v) is 10.3. The van der Waals surface area contributed by atoms with Crippen LogP contribution in [0.15, 0.2) is 29.6 Å². The van der Waals surface area contributed by atoms with Crippen LogP contribution in [0.25, 0.3) is 0 Å². The highest BCUT2D eigenvalue weighted by molar-refractivity contribution is 6.48. The molecule has 13 nitrogen and oxygen atoms in total. The van der Waals surface area contributed by atoms with E-state index in [1.807, 2.05) is 33.8 Å². The van der Waals surface area contributed by atoms with Crippen LogP contribution in [0.5, 0.6) is 5.75 Å². The highest BCUT2D eigenvalue weighted by Crippen LogP contribution is 2.65. The molecule has 1 aromatic rings. The van der Waals surface area contributed by atoms with E-state index < -0.39 is 41.9 Å². The second-order valence-corrected chi connectivity index (χ2v) is 16.5. The molecule has 14 heteroatoms.